The van der Waals surface area contributed by atoms with Crippen LogP contribution < -0.4 is 5.32 Å². The molecule has 2 rings (SSSR count). The number of rotatable bonds is 12. The van der Waals surface area contributed by atoms with E-state index in [1.807, 2.05) is 24.8 Å². The van der Waals surface area contributed by atoms with Crippen molar-refractivity contribution in [2.45, 2.75) is 84.2 Å². The van der Waals surface area contributed by atoms with Crippen molar-refractivity contribution in [1.82, 2.24) is 10.2 Å². The third-order valence-corrected chi connectivity index (χ3v) is 5.25. The Kier molecular flexibility index (Phi) is 18.2. The molecule has 184 valence electrons. The normalized spacial score (nSPS) is 21.3. The van der Waals surface area contributed by atoms with Gasteiger partial charge in [0.2, 0.25) is 11.8 Å². The molecule has 0 radical (unpaired) electrons. The van der Waals surface area contributed by atoms with E-state index >= 15 is 0 Å². The molecule has 2 aliphatic rings. The Morgan fingerprint density at radius 1 is 1.16 bits per heavy atom. The van der Waals surface area contributed by atoms with Gasteiger partial charge in [-0.1, -0.05) is 38.8 Å². The van der Waals surface area contributed by atoms with E-state index in [4.69, 9.17) is 4.74 Å². The summed E-state index contributed by atoms with van der Waals surface area (Å²) in [5.41, 5.74) is 0. The van der Waals surface area contributed by atoms with E-state index < -0.39 is 0 Å². The topological polar surface area (TPSA) is 84.9 Å². The van der Waals surface area contributed by atoms with Crippen molar-refractivity contribution in [3.63, 3.8) is 0 Å². The van der Waals surface area contributed by atoms with E-state index in [2.05, 4.69) is 23.2 Å². The van der Waals surface area contributed by atoms with Gasteiger partial charge in [-0.15, -0.1) is 13.2 Å². The molecule has 0 aromatic rings. The second kappa shape index (κ2) is 19.5. The fourth-order valence-electron chi connectivity index (χ4n) is 3.46. The van der Waals surface area contributed by atoms with E-state index in [0.29, 0.717) is 45.2 Å². The average molecular weight is 453 g/mol. The lowest BCUT2D eigenvalue weighted by molar-refractivity contribution is -0.140. The number of likely N-dealkylation sites (tertiary alicyclic amines) is 1. The van der Waals surface area contributed by atoms with Gasteiger partial charge in [-0.2, -0.15) is 0 Å². The Balaban J connectivity index is 0.00000121. The molecule has 2 unspecified atom stereocenters. The zero-order valence-corrected chi connectivity index (χ0v) is 20.4. The van der Waals surface area contributed by atoms with Gasteiger partial charge in [0.1, 0.15) is 6.04 Å². The van der Waals surface area contributed by atoms with Crippen LogP contribution in [0.4, 0.5) is 0 Å². The van der Waals surface area contributed by atoms with E-state index in [1.54, 1.807) is 13.0 Å². The first-order valence-corrected chi connectivity index (χ1v) is 12.0. The zero-order valence-electron chi connectivity index (χ0n) is 20.4. The first kappa shape index (κ1) is 29.9. The molecular formula is C25H44N2O5. The summed E-state index contributed by atoms with van der Waals surface area (Å²) in [6.07, 6.45) is 10.6. The summed E-state index contributed by atoms with van der Waals surface area (Å²) in [4.78, 5) is 36.3. The number of ether oxygens (including phenoxy) is 2. The maximum absolute atomic E-state index is 12.7. The van der Waals surface area contributed by atoms with E-state index in [9.17, 15) is 14.4 Å². The Morgan fingerprint density at radius 2 is 1.91 bits per heavy atom. The first-order chi connectivity index (χ1) is 15.6. The van der Waals surface area contributed by atoms with Crippen LogP contribution in [0.2, 0.25) is 0 Å². The van der Waals surface area contributed by atoms with E-state index in [0.717, 1.165) is 44.9 Å². The van der Waals surface area contributed by atoms with Gasteiger partial charge < -0.3 is 19.7 Å². The molecule has 0 bridgehead atoms. The number of nitrogens with zero attached hydrogens (tertiary/aromatic N) is 1. The molecule has 0 aromatic heterocycles. The number of carbonyl (C=O) groups is 3. The molecule has 1 saturated carbocycles. The first-order valence-electron chi connectivity index (χ1n) is 12.0. The third kappa shape index (κ3) is 12.6. The summed E-state index contributed by atoms with van der Waals surface area (Å²) in [5.74, 6) is 0.509. The highest BCUT2D eigenvalue weighted by Gasteiger charge is 2.39. The van der Waals surface area contributed by atoms with Crippen molar-refractivity contribution in [3.8, 4) is 0 Å². The SMILES string of the molecule is C=CCOCCCCC(=O)N1CCCCCC1C(=O)NC1C[C@H]1C=C.CC.CCOC=O. The van der Waals surface area contributed by atoms with Crippen LogP contribution in [0.25, 0.3) is 0 Å². The minimum Gasteiger partial charge on any atom is -0.468 e. The molecule has 7 heteroatoms. The Hall–Kier alpha value is -2.15. The second-order valence-electron chi connectivity index (χ2n) is 7.57. The van der Waals surface area contributed by atoms with E-state index in [1.165, 1.54) is 0 Å². The molecule has 0 aromatic carbocycles. The van der Waals surface area contributed by atoms with E-state index in [-0.39, 0.29) is 23.9 Å². The quantitative estimate of drug-likeness (QED) is 0.275. The molecule has 1 N–H and O–H groups in total. The van der Waals surface area contributed by atoms with Gasteiger partial charge in [0.15, 0.2) is 0 Å². The predicted molar refractivity (Wildman–Crippen MR) is 128 cm³/mol. The Bertz CT molecular complexity index is 552. The molecule has 3 atom stereocenters. The molecule has 2 amide bonds. The summed E-state index contributed by atoms with van der Waals surface area (Å²) in [6.45, 7) is 15.9. The predicted octanol–water partition coefficient (Wildman–Crippen LogP) is 4.03. The molecule has 2 fully saturated rings. The lowest BCUT2D eigenvalue weighted by Gasteiger charge is -2.29. The monoisotopic (exact) mass is 452 g/mol. The van der Waals surface area contributed by atoms with Crippen LogP contribution in [0.3, 0.4) is 0 Å². The van der Waals surface area contributed by atoms with Crippen molar-refractivity contribution in [2.75, 3.05) is 26.4 Å². The van der Waals surface area contributed by atoms with Crippen LogP contribution in [0, 0.1) is 5.92 Å². The summed E-state index contributed by atoms with van der Waals surface area (Å²) < 4.78 is 9.50. The number of carbonyl (C=O) groups excluding carboxylic acids is 3. The lowest BCUT2D eigenvalue weighted by atomic mass is 10.1. The number of amides is 2. The summed E-state index contributed by atoms with van der Waals surface area (Å²) in [6, 6.07) is -0.0923. The average Bonchev–Trinajstić information content (AvgIpc) is 3.60. The van der Waals surface area contributed by atoms with Crippen molar-refractivity contribution >= 4 is 18.3 Å². The highest BCUT2D eigenvalue weighted by molar-refractivity contribution is 5.88. The lowest BCUT2D eigenvalue weighted by Crippen LogP contribution is -2.50. The fraction of sp³-hybridized carbons (Fsp3) is 0.720. The van der Waals surface area contributed by atoms with Gasteiger partial charge in [-0.3, -0.25) is 14.4 Å². The van der Waals surface area contributed by atoms with Crippen LogP contribution in [0.1, 0.15) is 72.1 Å². The van der Waals surface area contributed by atoms with Crippen LogP contribution in [-0.2, 0) is 23.9 Å². The van der Waals surface area contributed by atoms with Crippen molar-refractivity contribution in [3.05, 3.63) is 25.3 Å². The summed E-state index contributed by atoms with van der Waals surface area (Å²) >= 11 is 0. The second-order valence-corrected chi connectivity index (χ2v) is 7.57. The molecule has 0 spiro atoms. The Morgan fingerprint density at radius 3 is 2.47 bits per heavy atom. The van der Waals surface area contributed by atoms with Gasteiger partial charge in [0.05, 0.1) is 13.2 Å². The fourth-order valence-corrected chi connectivity index (χ4v) is 3.46. The highest BCUT2D eigenvalue weighted by atomic mass is 16.5. The maximum atomic E-state index is 12.7. The van der Waals surface area contributed by atoms with Gasteiger partial charge >= 0.3 is 0 Å². The van der Waals surface area contributed by atoms with Crippen LogP contribution in [0.15, 0.2) is 25.3 Å². The van der Waals surface area contributed by atoms with Crippen LogP contribution >= 0.6 is 0 Å². The zero-order chi connectivity index (χ0) is 24.2. The maximum Gasteiger partial charge on any atom is 0.293 e. The van der Waals surface area contributed by atoms with Gasteiger partial charge in [-0.05, 0) is 44.9 Å². The Labute approximate surface area is 194 Å². The van der Waals surface area contributed by atoms with Crippen molar-refractivity contribution < 1.29 is 23.9 Å². The largest absolute Gasteiger partial charge is 0.468 e. The molecule has 1 aliphatic heterocycles. The van der Waals surface area contributed by atoms with Gasteiger partial charge in [0, 0.05) is 25.6 Å². The van der Waals surface area contributed by atoms with Gasteiger partial charge in [0.25, 0.3) is 6.47 Å². The highest BCUT2D eigenvalue weighted by Crippen LogP contribution is 2.31. The number of hydrogen-bond acceptors (Lipinski definition) is 5. The number of nitrogens with one attached hydrogen (secondary N) is 1. The molecule has 7 nitrogen and oxygen atoms in total. The summed E-state index contributed by atoms with van der Waals surface area (Å²) in [7, 11) is 0. The van der Waals surface area contributed by atoms with Gasteiger partial charge in [-0.25, -0.2) is 0 Å². The van der Waals surface area contributed by atoms with Crippen molar-refractivity contribution in [2.24, 2.45) is 5.92 Å². The number of unbranched alkanes of at least 4 members (excludes halogenated alkanes) is 1. The molecule has 1 heterocycles. The molecular weight excluding hydrogens is 408 g/mol. The van der Waals surface area contributed by atoms with Crippen molar-refractivity contribution in [1.29, 1.82) is 0 Å². The minimum atomic E-state index is -0.307. The number of hydrogen-bond donors (Lipinski definition) is 1. The van der Waals surface area contributed by atoms with Crippen LogP contribution in [-0.4, -0.2) is 61.6 Å². The minimum absolute atomic E-state index is 0.0129. The summed E-state index contributed by atoms with van der Waals surface area (Å²) in [5, 5.41) is 3.09. The standard InChI is InChI=1S/C20H32N2O3.C3H6O2.C2H6/c1-3-13-25-14-9-7-11-19(23)22-12-8-5-6-10-18(22)20(24)21-17-15-16(17)4-2;1-2-5-3-4;1-2/h3-4,16-18H,1-2,5-15H2,(H,21,24);3H,2H2,1H3;1-2H3/t16-,17?,18?;;/m1../s1. The molecule has 1 saturated heterocycles. The molecule has 32 heavy (non-hydrogen) atoms. The molecule has 1 aliphatic carbocycles. The van der Waals surface area contributed by atoms with Crippen LogP contribution in [0.5, 0.6) is 0 Å². The smallest absolute Gasteiger partial charge is 0.293 e. The third-order valence-electron chi connectivity index (χ3n) is 5.25.